The number of hydrogen-bond acceptors (Lipinski definition) is 4. The highest BCUT2D eigenvalue weighted by Gasteiger charge is 2.35. The topological polar surface area (TPSA) is 58.4 Å². The van der Waals surface area contributed by atoms with E-state index >= 15 is 0 Å². The first kappa shape index (κ1) is 11.9. The number of pyridine rings is 1. The third-order valence-corrected chi connectivity index (χ3v) is 4.54. The van der Waals surface area contributed by atoms with Crippen LogP contribution >= 0.6 is 0 Å². The van der Waals surface area contributed by atoms with Crippen molar-refractivity contribution in [3.63, 3.8) is 0 Å². The maximum absolute atomic E-state index is 12.3. The third kappa shape index (κ3) is 1.98. The Bertz CT molecular complexity index is 643. The maximum atomic E-state index is 12.3. The van der Waals surface area contributed by atoms with Crippen molar-refractivity contribution >= 4 is 16.9 Å². The van der Waals surface area contributed by atoms with Crippen LogP contribution in [0.3, 0.4) is 0 Å². The first-order chi connectivity index (χ1) is 9.79. The van der Waals surface area contributed by atoms with Gasteiger partial charge in [0.1, 0.15) is 11.3 Å². The van der Waals surface area contributed by atoms with Crippen LogP contribution in [0, 0.1) is 5.92 Å². The smallest absolute Gasteiger partial charge is 0.270 e. The lowest BCUT2D eigenvalue weighted by atomic mass is 9.84. The van der Waals surface area contributed by atoms with Crippen LogP contribution in [0.1, 0.15) is 23.3 Å². The second kappa shape index (κ2) is 4.59. The third-order valence-electron chi connectivity index (χ3n) is 4.54. The molecule has 0 saturated carbocycles. The number of aromatic nitrogens is 1. The molecule has 2 bridgehead atoms. The Hall–Kier alpha value is -1.88. The van der Waals surface area contributed by atoms with Gasteiger partial charge in [-0.05, 0) is 37.9 Å². The Balaban J connectivity index is 1.52. The second-order valence-electron chi connectivity index (χ2n) is 5.75. The van der Waals surface area contributed by atoms with Crippen molar-refractivity contribution in [1.82, 2.24) is 15.2 Å². The van der Waals surface area contributed by atoms with Crippen molar-refractivity contribution in [3.8, 4) is 0 Å². The van der Waals surface area contributed by atoms with Crippen LogP contribution in [-0.4, -0.2) is 41.5 Å². The van der Waals surface area contributed by atoms with E-state index < -0.39 is 0 Å². The Morgan fingerprint density at radius 2 is 2.25 bits per heavy atom. The van der Waals surface area contributed by atoms with Crippen molar-refractivity contribution in [2.75, 3.05) is 19.6 Å². The van der Waals surface area contributed by atoms with E-state index in [4.69, 9.17) is 4.42 Å². The van der Waals surface area contributed by atoms with Gasteiger partial charge in [0, 0.05) is 30.2 Å². The summed E-state index contributed by atoms with van der Waals surface area (Å²) >= 11 is 0. The monoisotopic (exact) mass is 271 g/mol. The van der Waals surface area contributed by atoms with Gasteiger partial charge in [0.25, 0.3) is 5.91 Å². The van der Waals surface area contributed by atoms with Crippen molar-refractivity contribution in [2.45, 2.75) is 18.9 Å². The number of nitrogens with one attached hydrogen (secondary N) is 1. The molecule has 5 rings (SSSR count). The Morgan fingerprint density at radius 3 is 3.00 bits per heavy atom. The van der Waals surface area contributed by atoms with Crippen LogP contribution in [0.4, 0.5) is 0 Å². The lowest BCUT2D eigenvalue weighted by Gasteiger charge is -2.44. The van der Waals surface area contributed by atoms with Crippen molar-refractivity contribution < 1.29 is 9.21 Å². The average Bonchev–Trinajstić information content (AvgIpc) is 2.96. The van der Waals surface area contributed by atoms with E-state index in [0.29, 0.717) is 17.2 Å². The van der Waals surface area contributed by atoms with Gasteiger partial charge in [0.15, 0.2) is 0 Å². The molecule has 0 aliphatic carbocycles. The van der Waals surface area contributed by atoms with Crippen molar-refractivity contribution in [1.29, 1.82) is 0 Å². The Labute approximate surface area is 117 Å². The summed E-state index contributed by atoms with van der Waals surface area (Å²) in [6, 6.07) is 3.82. The molecule has 5 nitrogen and oxygen atoms in total. The van der Waals surface area contributed by atoms with Crippen molar-refractivity contribution in [2.24, 2.45) is 5.92 Å². The summed E-state index contributed by atoms with van der Waals surface area (Å²) in [5.74, 6) is 0.526. The molecule has 2 aromatic heterocycles. The molecule has 2 aromatic rings. The standard InChI is InChI=1S/C15H17N3O2/c19-15(12-7-14-11(8-16-12)3-6-20-14)17-13-9-18-4-1-10(13)2-5-18/h3,6-8,10,13H,1-2,4-5,9H2,(H,17,19)/t13-/m1/s1. The van der Waals surface area contributed by atoms with E-state index in [0.717, 1.165) is 11.9 Å². The number of piperidine rings is 3. The molecule has 5 heterocycles. The molecule has 3 aliphatic rings. The molecule has 0 unspecified atom stereocenters. The highest BCUT2D eigenvalue weighted by molar-refractivity contribution is 5.95. The van der Waals surface area contributed by atoms with Gasteiger partial charge < -0.3 is 14.6 Å². The van der Waals surface area contributed by atoms with Gasteiger partial charge in [-0.15, -0.1) is 0 Å². The number of carbonyl (C=O) groups is 1. The van der Waals surface area contributed by atoms with E-state index in [1.54, 1.807) is 18.5 Å². The molecule has 1 atom stereocenters. The zero-order valence-corrected chi connectivity index (χ0v) is 11.2. The quantitative estimate of drug-likeness (QED) is 0.902. The summed E-state index contributed by atoms with van der Waals surface area (Å²) in [6.45, 7) is 3.32. The van der Waals surface area contributed by atoms with Crippen LogP contribution < -0.4 is 5.32 Å². The molecule has 20 heavy (non-hydrogen) atoms. The van der Waals surface area contributed by atoms with E-state index in [1.165, 1.54) is 25.9 Å². The van der Waals surface area contributed by atoms with Gasteiger partial charge in [-0.3, -0.25) is 9.78 Å². The number of hydrogen-bond donors (Lipinski definition) is 1. The van der Waals surface area contributed by atoms with Crippen molar-refractivity contribution in [3.05, 3.63) is 30.3 Å². The predicted octanol–water partition coefficient (Wildman–Crippen LogP) is 1.65. The Kier molecular flexibility index (Phi) is 2.73. The molecule has 0 radical (unpaired) electrons. The highest BCUT2D eigenvalue weighted by Crippen LogP contribution is 2.27. The number of furan rings is 1. The van der Waals surface area contributed by atoms with Crippen LogP contribution in [0.2, 0.25) is 0 Å². The normalized spacial score (nSPS) is 28.7. The first-order valence-electron chi connectivity index (χ1n) is 7.16. The lowest BCUT2D eigenvalue weighted by Crippen LogP contribution is -2.57. The fourth-order valence-electron chi connectivity index (χ4n) is 3.35. The average molecular weight is 271 g/mol. The molecular weight excluding hydrogens is 254 g/mol. The van der Waals surface area contributed by atoms with Crippen LogP contribution in [0.15, 0.2) is 29.0 Å². The van der Waals surface area contributed by atoms with E-state index in [2.05, 4.69) is 15.2 Å². The molecular formula is C15H17N3O2. The van der Waals surface area contributed by atoms with Gasteiger partial charge in [-0.25, -0.2) is 0 Å². The molecule has 0 spiro atoms. The zero-order valence-electron chi connectivity index (χ0n) is 11.2. The Morgan fingerprint density at radius 1 is 1.40 bits per heavy atom. The number of carbonyl (C=O) groups excluding carboxylic acids is 1. The SMILES string of the molecule is O=C(N[C@@H]1CN2CCC1CC2)c1cc2occc2cn1. The van der Waals surface area contributed by atoms with E-state index in [9.17, 15) is 4.79 Å². The fourth-order valence-corrected chi connectivity index (χ4v) is 3.35. The molecule has 3 fully saturated rings. The minimum Gasteiger partial charge on any atom is -0.464 e. The summed E-state index contributed by atoms with van der Waals surface area (Å²) < 4.78 is 5.32. The summed E-state index contributed by atoms with van der Waals surface area (Å²) in [4.78, 5) is 19.0. The van der Waals surface area contributed by atoms with Crippen LogP contribution in [0.5, 0.6) is 0 Å². The van der Waals surface area contributed by atoms with Gasteiger partial charge in [0.2, 0.25) is 0 Å². The number of fused-ring (bicyclic) bond motifs is 4. The highest BCUT2D eigenvalue weighted by atomic mass is 16.3. The number of amides is 1. The zero-order chi connectivity index (χ0) is 13.5. The molecule has 3 aliphatic heterocycles. The van der Waals surface area contributed by atoms with E-state index in [1.807, 2.05) is 6.07 Å². The number of nitrogens with zero attached hydrogens (tertiary/aromatic N) is 2. The minimum atomic E-state index is -0.0953. The fraction of sp³-hybridized carbons (Fsp3) is 0.467. The van der Waals surface area contributed by atoms with Gasteiger partial charge >= 0.3 is 0 Å². The summed E-state index contributed by atoms with van der Waals surface area (Å²) in [6.07, 6.45) is 5.68. The summed E-state index contributed by atoms with van der Waals surface area (Å²) in [5.41, 5.74) is 1.14. The molecule has 5 heteroatoms. The predicted molar refractivity (Wildman–Crippen MR) is 74.4 cm³/mol. The molecule has 0 aromatic carbocycles. The lowest BCUT2D eigenvalue weighted by molar-refractivity contribution is 0.0618. The van der Waals surface area contributed by atoms with Gasteiger partial charge in [0.05, 0.1) is 6.26 Å². The minimum absolute atomic E-state index is 0.0953. The maximum Gasteiger partial charge on any atom is 0.270 e. The van der Waals surface area contributed by atoms with Gasteiger partial charge in [-0.2, -0.15) is 0 Å². The largest absolute Gasteiger partial charge is 0.464 e. The molecule has 3 saturated heterocycles. The summed E-state index contributed by atoms with van der Waals surface area (Å²) in [5, 5.41) is 4.06. The van der Waals surface area contributed by atoms with Crippen LogP contribution in [-0.2, 0) is 0 Å². The van der Waals surface area contributed by atoms with Crippen LogP contribution in [0.25, 0.3) is 11.0 Å². The molecule has 1 N–H and O–H groups in total. The van der Waals surface area contributed by atoms with E-state index in [-0.39, 0.29) is 11.9 Å². The second-order valence-corrected chi connectivity index (χ2v) is 5.75. The molecule has 1 amide bonds. The summed E-state index contributed by atoms with van der Waals surface area (Å²) in [7, 11) is 0. The number of rotatable bonds is 2. The molecule has 104 valence electrons. The first-order valence-corrected chi connectivity index (χ1v) is 7.16. The van der Waals surface area contributed by atoms with Gasteiger partial charge in [-0.1, -0.05) is 0 Å².